The van der Waals surface area contributed by atoms with Gasteiger partial charge in [0.05, 0.1) is 12.2 Å². The van der Waals surface area contributed by atoms with Crippen molar-refractivity contribution < 1.29 is 4.74 Å². The summed E-state index contributed by atoms with van der Waals surface area (Å²) in [7, 11) is 0. The van der Waals surface area contributed by atoms with Crippen molar-refractivity contribution in [2.24, 2.45) is 0 Å². The quantitative estimate of drug-likeness (QED) is 0.941. The Bertz CT molecular complexity index is 620. The van der Waals surface area contributed by atoms with E-state index < -0.39 is 0 Å². The highest BCUT2D eigenvalue weighted by molar-refractivity contribution is 9.10. The first-order valence-corrected chi connectivity index (χ1v) is 6.70. The van der Waals surface area contributed by atoms with E-state index in [1.165, 1.54) is 6.07 Å². The predicted octanol–water partition coefficient (Wildman–Crippen LogP) is 2.58. The highest BCUT2D eigenvalue weighted by Crippen LogP contribution is 2.16. The number of ether oxygens (including phenoxy) is 1. The Balaban J connectivity index is 1.98. The first-order chi connectivity index (χ1) is 9.06. The molecule has 2 aromatic rings. The third-order valence-electron chi connectivity index (χ3n) is 2.79. The van der Waals surface area contributed by atoms with Crippen LogP contribution in [0, 0.1) is 6.92 Å². The molecular formula is C14H15BrN2O2. The van der Waals surface area contributed by atoms with Crippen molar-refractivity contribution in [1.82, 2.24) is 4.57 Å². The summed E-state index contributed by atoms with van der Waals surface area (Å²) in [5, 5.41) is 0. The SMILES string of the molecule is Cc1cc(=O)n(CCOc2ccc(Br)cc2)cc1N. The average molecular weight is 323 g/mol. The second-order valence-electron chi connectivity index (χ2n) is 4.25. The van der Waals surface area contributed by atoms with E-state index in [0.29, 0.717) is 18.8 Å². The summed E-state index contributed by atoms with van der Waals surface area (Å²) in [5.74, 6) is 0.774. The number of aromatic nitrogens is 1. The number of hydrogen-bond acceptors (Lipinski definition) is 3. The van der Waals surface area contributed by atoms with Crippen LogP contribution in [0.4, 0.5) is 5.69 Å². The fraction of sp³-hybridized carbons (Fsp3) is 0.214. The van der Waals surface area contributed by atoms with Crippen molar-refractivity contribution >= 4 is 21.6 Å². The summed E-state index contributed by atoms with van der Waals surface area (Å²) in [6.45, 7) is 2.71. The molecule has 0 aliphatic rings. The van der Waals surface area contributed by atoms with E-state index in [0.717, 1.165) is 15.8 Å². The third kappa shape index (κ3) is 3.61. The Labute approximate surface area is 119 Å². The summed E-state index contributed by atoms with van der Waals surface area (Å²) >= 11 is 3.36. The van der Waals surface area contributed by atoms with Crippen molar-refractivity contribution in [3.05, 3.63) is 56.9 Å². The molecule has 0 atom stereocenters. The van der Waals surface area contributed by atoms with Gasteiger partial charge in [-0.05, 0) is 36.8 Å². The van der Waals surface area contributed by atoms with Gasteiger partial charge in [0, 0.05) is 16.7 Å². The molecule has 0 aliphatic carbocycles. The minimum absolute atomic E-state index is 0.0638. The van der Waals surface area contributed by atoms with Gasteiger partial charge < -0.3 is 15.0 Å². The molecule has 100 valence electrons. The fourth-order valence-corrected chi connectivity index (χ4v) is 1.92. The molecule has 0 saturated heterocycles. The number of rotatable bonds is 4. The molecule has 0 bridgehead atoms. The summed E-state index contributed by atoms with van der Waals surface area (Å²) in [6, 6.07) is 9.10. The van der Waals surface area contributed by atoms with Crippen LogP contribution in [-0.2, 0) is 6.54 Å². The van der Waals surface area contributed by atoms with Crippen LogP contribution < -0.4 is 16.0 Å². The lowest BCUT2D eigenvalue weighted by Crippen LogP contribution is -2.23. The van der Waals surface area contributed by atoms with Crippen molar-refractivity contribution in [3.63, 3.8) is 0 Å². The van der Waals surface area contributed by atoms with Gasteiger partial charge in [-0.3, -0.25) is 4.79 Å². The van der Waals surface area contributed by atoms with Crippen LogP contribution in [0.15, 0.2) is 45.8 Å². The van der Waals surface area contributed by atoms with Gasteiger partial charge in [-0.15, -0.1) is 0 Å². The molecule has 0 spiro atoms. The molecule has 1 aromatic heterocycles. The zero-order valence-electron chi connectivity index (χ0n) is 10.6. The second kappa shape index (κ2) is 5.93. The second-order valence-corrected chi connectivity index (χ2v) is 5.16. The number of benzene rings is 1. The number of anilines is 1. The maximum atomic E-state index is 11.7. The molecule has 5 heteroatoms. The van der Waals surface area contributed by atoms with E-state index in [9.17, 15) is 4.79 Å². The Morgan fingerprint density at radius 3 is 2.68 bits per heavy atom. The minimum Gasteiger partial charge on any atom is -0.492 e. The van der Waals surface area contributed by atoms with E-state index in [2.05, 4.69) is 15.9 Å². The van der Waals surface area contributed by atoms with Gasteiger partial charge in [-0.25, -0.2) is 0 Å². The minimum atomic E-state index is -0.0638. The third-order valence-corrected chi connectivity index (χ3v) is 3.32. The summed E-state index contributed by atoms with van der Waals surface area (Å²) in [4.78, 5) is 11.7. The van der Waals surface area contributed by atoms with E-state index >= 15 is 0 Å². The van der Waals surface area contributed by atoms with Crippen LogP contribution in [0.1, 0.15) is 5.56 Å². The molecule has 2 N–H and O–H groups in total. The molecule has 1 aromatic carbocycles. The molecular weight excluding hydrogens is 308 g/mol. The predicted molar refractivity (Wildman–Crippen MR) is 79.5 cm³/mol. The fourth-order valence-electron chi connectivity index (χ4n) is 1.65. The Morgan fingerprint density at radius 1 is 1.32 bits per heavy atom. The molecule has 19 heavy (non-hydrogen) atoms. The standard InChI is InChI=1S/C14H15BrN2O2/c1-10-8-14(18)17(9-13(10)16)6-7-19-12-4-2-11(15)3-5-12/h2-5,8-9H,6-7,16H2,1H3. The van der Waals surface area contributed by atoms with Crippen molar-refractivity contribution in [2.75, 3.05) is 12.3 Å². The van der Waals surface area contributed by atoms with Crippen LogP contribution in [0.25, 0.3) is 0 Å². The monoisotopic (exact) mass is 322 g/mol. The molecule has 0 amide bonds. The highest BCUT2D eigenvalue weighted by atomic mass is 79.9. The van der Waals surface area contributed by atoms with Crippen LogP contribution in [0.3, 0.4) is 0 Å². The van der Waals surface area contributed by atoms with Gasteiger partial charge in [-0.2, -0.15) is 0 Å². The average Bonchev–Trinajstić information content (AvgIpc) is 2.38. The van der Waals surface area contributed by atoms with Gasteiger partial charge in [0.1, 0.15) is 12.4 Å². The largest absolute Gasteiger partial charge is 0.492 e. The molecule has 0 fully saturated rings. The van der Waals surface area contributed by atoms with Crippen LogP contribution in [-0.4, -0.2) is 11.2 Å². The molecule has 0 saturated carbocycles. The molecule has 0 aliphatic heterocycles. The van der Waals surface area contributed by atoms with Gasteiger partial charge in [0.15, 0.2) is 0 Å². The molecule has 2 rings (SSSR count). The van der Waals surface area contributed by atoms with Crippen LogP contribution in [0.2, 0.25) is 0 Å². The number of pyridine rings is 1. The molecule has 4 nitrogen and oxygen atoms in total. The van der Waals surface area contributed by atoms with Crippen LogP contribution in [0.5, 0.6) is 5.75 Å². The molecule has 0 unspecified atom stereocenters. The van der Waals surface area contributed by atoms with E-state index in [1.807, 2.05) is 31.2 Å². The number of halogens is 1. The maximum absolute atomic E-state index is 11.7. The van der Waals surface area contributed by atoms with Gasteiger partial charge >= 0.3 is 0 Å². The summed E-state index contributed by atoms with van der Waals surface area (Å²) < 4.78 is 8.13. The van der Waals surface area contributed by atoms with Gasteiger partial charge in [0.2, 0.25) is 0 Å². The van der Waals surface area contributed by atoms with Crippen molar-refractivity contribution in [3.8, 4) is 5.75 Å². The first kappa shape index (κ1) is 13.7. The number of aryl methyl sites for hydroxylation is 1. The van der Waals surface area contributed by atoms with Crippen molar-refractivity contribution in [2.45, 2.75) is 13.5 Å². The van der Waals surface area contributed by atoms with E-state index in [1.54, 1.807) is 10.8 Å². The lowest BCUT2D eigenvalue weighted by molar-refractivity contribution is 0.296. The topological polar surface area (TPSA) is 57.2 Å². The van der Waals surface area contributed by atoms with Gasteiger partial charge in [0.25, 0.3) is 5.56 Å². The number of nitrogens with zero attached hydrogens (tertiary/aromatic N) is 1. The molecule has 0 radical (unpaired) electrons. The maximum Gasteiger partial charge on any atom is 0.251 e. The number of nitrogens with two attached hydrogens (primary N) is 1. The lowest BCUT2D eigenvalue weighted by atomic mass is 10.2. The van der Waals surface area contributed by atoms with Crippen LogP contribution >= 0.6 is 15.9 Å². The Kier molecular flexibility index (Phi) is 4.27. The smallest absolute Gasteiger partial charge is 0.251 e. The van der Waals surface area contributed by atoms with Gasteiger partial charge in [-0.1, -0.05) is 15.9 Å². The molecule has 1 heterocycles. The number of hydrogen-bond donors (Lipinski definition) is 1. The van der Waals surface area contributed by atoms with E-state index in [4.69, 9.17) is 10.5 Å². The van der Waals surface area contributed by atoms with Crippen molar-refractivity contribution in [1.29, 1.82) is 0 Å². The Hall–Kier alpha value is -1.75. The normalized spacial score (nSPS) is 10.4. The zero-order chi connectivity index (χ0) is 13.8. The summed E-state index contributed by atoms with van der Waals surface area (Å²) in [6.07, 6.45) is 1.66. The van der Waals surface area contributed by atoms with E-state index in [-0.39, 0.29) is 5.56 Å². The Morgan fingerprint density at radius 2 is 2.00 bits per heavy atom. The lowest BCUT2D eigenvalue weighted by Gasteiger charge is -2.10. The first-order valence-electron chi connectivity index (χ1n) is 5.91. The number of nitrogen functional groups attached to an aromatic ring is 1. The highest BCUT2D eigenvalue weighted by Gasteiger charge is 2.01. The zero-order valence-corrected chi connectivity index (χ0v) is 12.2. The summed E-state index contributed by atoms with van der Waals surface area (Å²) in [5.41, 5.74) is 7.13.